The van der Waals surface area contributed by atoms with Gasteiger partial charge in [-0.15, -0.1) is 0 Å². The smallest absolute Gasteiger partial charge is 0.224 e. The van der Waals surface area contributed by atoms with Crippen molar-refractivity contribution in [3.63, 3.8) is 0 Å². The standard InChI is InChI=1S/C16H25NO4/c1-6-12(7-2)17-14(18)10-11-8-9-13(19-3)16(21-5)15(11)20-4/h8-9,12H,6-7,10H2,1-5H3,(H,17,18). The number of carbonyl (C=O) groups excluding carboxylic acids is 1. The molecule has 0 fully saturated rings. The quantitative estimate of drug-likeness (QED) is 0.801. The van der Waals surface area contributed by atoms with Gasteiger partial charge in [-0.3, -0.25) is 4.79 Å². The number of ether oxygens (including phenoxy) is 3. The van der Waals surface area contributed by atoms with Crippen LogP contribution < -0.4 is 19.5 Å². The number of rotatable bonds is 8. The first-order valence-corrected chi connectivity index (χ1v) is 7.18. The highest BCUT2D eigenvalue weighted by molar-refractivity contribution is 5.80. The molecule has 0 heterocycles. The molecule has 118 valence electrons. The van der Waals surface area contributed by atoms with Crippen LogP contribution in [0.3, 0.4) is 0 Å². The first kappa shape index (κ1) is 17.1. The lowest BCUT2D eigenvalue weighted by molar-refractivity contribution is -0.121. The Morgan fingerprint density at radius 3 is 2.14 bits per heavy atom. The molecule has 21 heavy (non-hydrogen) atoms. The molecule has 0 aliphatic carbocycles. The largest absolute Gasteiger partial charge is 0.493 e. The lowest BCUT2D eigenvalue weighted by Crippen LogP contribution is -2.34. The van der Waals surface area contributed by atoms with E-state index in [1.54, 1.807) is 27.4 Å². The topological polar surface area (TPSA) is 56.8 Å². The second-order valence-electron chi connectivity index (χ2n) is 4.75. The van der Waals surface area contributed by atoms with Crippen molar-refractivity contribution in [3.05, 3.63) is 17.7 Å². The van der Waals surface area contributed by atoms with Gasteiger partial charge in [-0.25, -0.2) is 0 Å². The SMILES string of the molecule is CCC(CC)NC(=O)Cc1ccc(OC)c(OC)c1OC. The summed E-state index contributed by atoms with van der Waals surface area (Å²) >= 11 is 0. The van der Waals surface area contributed by atoms with Crippen LogP contribution in [0.1, 0.15) is 32.3 Å². The zero-order chi connectivity index (χ0) is 15.8. The Kier molecular flexibility index (Phi) is 6.85. The minimum Gasteiger partial charge on any atom is -0.493 e. The van der Waals surface area contributed by atoms with Crippen molar-refractivity contribution in [3.8, 4) is 17.2 Å². The van der Waals surface area contributed by atoms with Crippen molar-refractivity contribution in [2.45, 2.75) is 39.2 Å². The van der Waals surface area contributed by atoms with Gasteiger partial charge in [0.1, 0.15) is 0 Å². The van der Waals surface area contributed by atoms with Gasteiger partial charge in [0.2, 0.25) is 11.7 Å². The van der Waals surface area contributed by atoms with Crippen LogP contribution in [-0.4, -0.2) is 33.3 Å². The number of nitrogens with one attached hydrogen (secondary N) is 1. The number of methoxy groups -OCH3 is 3. The highest BCUT2D eigenvalue weighted by atomic mass is 16.5. The van der Waals surface area contributed by atoms with E-state index in [2.05, 4.69) is 19.2 Å². The molecule has 1 aromatic carbocycles. The molecule has 0 bridgehead atoms. The molecule has 0 radical (unpaired) electrons. The van der Waals surface area contributed by atoms with Crippen LogP contribution in [0.15, 0.2) is 12.1 Å². The van der Waals surface area contributed by atoms with Gasteiger partial charge in [0.15, 0.2) is 11.5 Å². The molecule has 0 saturated carbocycles. The van der Waals surface area contributed by atoms with Crippen LogP contribution >= 0.6 is 0 Å². The van der Waals surface area contributed by atoms with Crippen molar-refractivity contribution in [1.29, 1.82) is 0 Å². The first-order chi connectivity index (χ1) is 10.1. The highest BCUT2D eigenvalue weighted by Crippen LogP contribution is 2.39. The summed E-state index contributed by atoms with van der Waals surface area (Å²) in [6, 6.07) is 3.82. The Balaban J connectivity index is 2.95. The van der Waals surface area contributed by atoms with Crippen molar-refractivity contribution >= 4 is 5.91 Å². The van der Waals surface area contributed by atoms with Crippen LogP contribution in [-0.2, 0) is 11.2 Å². The molecule has 0 saturated heterocycles. The maximum absolute atomic E-state index is 12.1. The van der Waals surface area contributed by atoms with Gasteiger partial charge in [-0.05, 0) is 18.9 Å². The maximum atomic E-state index is 12.1. The average molecular weight is 295 g/mol. The molecular weight excluding hydrogens is 270 g/mol. The Morgan fingerprint density at radius 1 is 1.05 bits per heavy atom. The lowest BCUT2D eigenvalue weighted by Gasteiger charge is -2.17. The Hall–Kier alpha value is -1.91. The van der Waals surface area contributed by atoms with Crippen molar-refractivity contribution in [1.82, 2.24) is 5.32 Å². The third kappa shape index (κ3) is 4.28. The third-order valence-electron chi connectivity index (χ3n) is 3.49. The summed E-state index contributed by atoms with van der Waals surface area (Å²) in [4.78, 5) is 12.1. The predicted molar refractivity (Wildman–Crippen MR) is 82.3 cm³/mol. The number of carbonyl (C=O) groups is 1. The molecule has 1 rings (SSSR count). The molecule has 1 amide bonds. The number of hydrogen-bond acceptors (Lipinski definition) is 4. The van der Waals surface area contributed by atoms with Gasteiger partial charge in [0.25, 0.3) is 0 Å². The van der Waals surface area contributed by atoms with Gasteiger partial charge in [0.05, 0.1) is 27.8 Å². The fourth-order valence-electron chi connectivity index (χ4n) is 2.25. The van der Waals surface area contributed by atoms with Crippen molar-refractivity contribution in [2.75, 3.05) is 21.3 Å². The third-order valence-corrected chi connectivity index (χ3v) is 3.49. The molecule has 0 aromatic heterocycles. The summed E-state index contributed by atoms with van der Waals surface area (Å²) in [5, 5.41) is 3.02. The Morgan fingerprint density at radius 2 is 1.67 bits per heavy atom. The predicted octanol–water partition coefficient (Wildman–Crippen LogP) is 2.56. The van der Waals surface area contributed by atoms with Crippen LogP contribution in [0.4, 0.5) is 0 Å². The summed E-state index contributed by atoms with van der Waals surface area (Å²) in [6.07, 6.45) is 2.09. The molecule has 0 aliphatic heterocycles. The molecule has 0 unspecified atom stereocenters. The minimum absolute atomic E-state index is 0.0192. The first-order valence-electron chi connectivity index (χ1n) is 7.18. The van der Waals surface area contributed by atoms with Gasteiger partial charge in [-0.1, -0.05) is 19.9 Å². The van der Waals surface area contributed by atoms with Crippen molar-refractivity contribution < 1.29 is 19.0 Å². The molecule has 0 atom stereocenters. The van der Waals surface area contributed by atoms with Crippen LogP contribution in [0, 0.1) is 0 Å². The van der Waals surface area contributed by atoms with Gasteiger partial charge >= 0.3 is 0 Å². The van der Waals surface area contributed by atoms with E-state index in [1.165, 1.54) is 0 Å². The molecule has 5 heteroatoms. The molecular formula is C16H25NO4. The number of hydrogen-bond donors (Lipinski definition) is 1. The molecule has 0 spiro atoms. The van der Waals surface area contributed by atoms with E-state index >= 15 is 0 Å². The van der Waals surface area contributed by atoms with Crippen LogP contribution in [0.25, 0.3) is 0 Å². The zero-order valence-corrected chi connectivity index (χ0v) is 13.5. The van der Waals surface area contributed by atoms with E-state index in [0.717, 1.165) is 18.4 Å². The van der Waals surface area contributed by atoms with Crippen LogP contribution in [0.5, 0.6) is 17.2 Å². The molecule has 5 nitrogen and oxygen atoms in total. The normalized spacial score (nSPS) is 10.4. The monoisotopic (exact) mass is 295 g/mol. The van der Waals surface area contributed by atoms with Crippen molar-refractivity contribution in [2.24, 2.45) is 0 Å². The van der Waals surface area contributed by atoms with Gasteiger partial charge < -0.3 is 19.5 Å². The molecule has 1 N–H and O–H groups in total. The van der Waals surface area contributed by atoms with E-state index in [0.29, 0.717) is 17.2 Å². The summed E-state index contributed by atoms with van der Waals surface area (Å²) in [5.41, 5.74) is 0.776. The van der Waals surface area contributed by atoms with E-state index in [9.17, 15) is 4.79 Å². The summed E-state index contributed by atoms with van der Waals surface area (Å²) < 4.78 is 15.9. The Bertz CT molecular complexity index is 470. The molecule has 1 aromatic rings. The van der Waals surface area contributed by atoms with E-state index < -0.39 is 0 Å². The highest BCUT2D eigenvalue weighted by Gasteiger charge is 2.18. The second-order valence-corrected chi connectivity index (χ2v) is 4.75. The van der Waals surface area contributed by atoms with Gasteiger partial charge in [-0.2, -0.15) is 0 Å². The van der Waals surface area contributed by atoms with Crippen LogP contribution in [0.2, 0.25) is 0 Å². The Labute approximate surface area is 126 Å². The number of amides is 1. The summed E-state index contributed by atoms with van der Waals surface area (Å²) in [7, 11) is 4.67. The summed E-state index contributed by atoms with van der Waals surface area (Å²) in [6.45, 7) is 4.12. The second kappa shape index (κ2) is 8.39. The van der Waals surface area contributed by atoms with Gasteiger partial charge in [0, 0.05) is 11.6 Å². The fourth-order valence-corrected chi connectivity index (χ4v) is 2.25. The average Bonchev–Trinajstić information content (AvgIpc) is 2.51. The summed E-state index contributed by atoms with van der Waals surface area (Å²) in [5.74, 6) is 1.61. The van der Waals surface area contributed by atoms with E-state index in [4.69, 9.17) is 14.2 Å². The zero-order valence-electron chi connectivity index (χ0n) is 13.5. The van der Waals surface area contributed by atoms with E-state index in [1.807, 2.05) is 6.07 Å². The molecule has 0 aliphatic rings. The minimum atomic E-state index is -0.0192. The van der Waals surface area contributed by atoms with E-state index in [-0.39, 0.29) is 18.4 Å². The fraction of sp³-hybridized carbons (Fsp3) is 0.562. The maximum Gasteiger partial charge on any atom is 0.224 e. The lowest BCUT2D eigenvalue weighted by atomic mass is 10.1. The number of benzene rings is 1.